The van der Waals surface area contributed by atoms with Gasteiger partial charge in [0.2, 0.25) is 5.91 Å². The molecule has 0 spiro atoms. The lowest BCUT2D eigenvalue weighted by Gasteiger charge is -2.18. The molecule has 4 rings (SSSR count). The van der Waals surface area contributed by atoms with Gasteiger partial charge in [-0.3, -0.25) is 4.79 Å². The van der Waals surface area contributed by atoms with Crippen LogP contribution in [0.2, 0.25) is 10.0 Å². The number of hydrogen-bond acceptors (Lipinski definition) is 4. The lowest BCUT2D eigenvalue weighted by molar-refractivity contribution is -0.116. The third-order valence-corrected chi connectivity index (χ3v) is 5.44. The molecule has 1 aliphatic heterocycles. The molecule has 1 N–H and O–H groups in total. The zero-order valence-electron chi connectivity index (χ0n) is 15.5. The van der Waals surface area contributed by atoms with E-state index >= 15 is 0 Å². The average Bonchev–Trinajstić information content (AvgIpc) is 3.16. The number of nitrogens with one attached hydrogen (secondary N) is 1. The quantitative estimate of drug-likeness (QED) is 0.620. The summed E-state index contributed by atoms with van der Waals surface area (Å²) in [6.45, 7) is 1.50. The lowest BCUT2D eigenvalue weighted by atomic mass is 10.1. The van der Waals surface area contributed by atoms with Crippen molar-refractivity contribution in [1.29, 1.82) is 0 Å². The number of aromatic nitrogens is 2. The highest BCUT2D eigenvalue weighted by Gasteiger charge is 2.14. The molecule has 29 heavy (non-hydrogen) atoms. The molecule has 0 aliphatic carbocycles. The first-order chi connectivity index (χ1) is 14.1. The Morgan fingerprint density at radius 3 is 2.79 bits per heavy atom. The molecule has 0 fully saturated rings. The fraction of sp³-hybridized carbons (Fsp3) is 0.238. The first kappa shape index (κ1) is 19.6. The molecule has 0 bridgehead atoms. The van der Waals surface area contributed by atoms with Crippen LogP contribution in [-0.2, 0) is 17.8 Å². The van der Waals surface area contributed by atoms with E-state index < -0.39 is 0 Å². The van der Waals surface area contributed by atoms with Gasteiger partial charge in [0.1, 0.15) is 19.0 Å². The molecule has 3 aromatic rings. The van der Waals surface area contributed by atoms with Crippen molar-refractivity contribution in [3.05, 3.63) is 69.8 Å². The van der Waals surface area contributed by atoms with Crippen molar-refractivity contribution < 1.29 is 14.3 Å². The van der Waals surface area contributed by atoms with Crippen molar-refractivity contribution in [2.45, 2.75) is 19.4 Å². The highest BCUT2D eigenvalue weighted by Crippen LogP contribution is 2.31. The predicted molar refractivity (Wildman–Crippen MR) is 112 cm³/mol. The maximum atomic E-state index is 12.4. The molecular formula is C21H19Cl2N3O3. The van der Waals surface area contributed by atoms with Gasteiger partial charge in [-0.05, 0) is 35.7 Å². The fourth-order valence-corrected chi connectivity index (χ4v) is 3.48. The number of carbonyl (C=O) groups is 1. The van der Waals surface area contributed by atoms with Crippen LogP contribution in [0.1, 0.15) is 17.5 Å². The molecule has 0 saturated heterocycles. The number of hydrogen-bond donors (Lipinski definition) is 1. The number of rotatable bonds is 6. The number of nitrogens with zero attached hydrogens (tertiary/aromatic N) is 2. The molecule has 6 nitrogen and oxygen atoms in total. The minimum absolute atomic E-state index is 0.0983. The molecule has 1 aliphatic rings. The molecule has 0 saturated carbocycles. The Balaban J connectivity index is 1.37. The first-order valence-corrected chi connectivity index (χ1v) is 9.99. The van der Waals surface area contributed by atoms with Crippen LogP contribution in [0.15, 0.2) is 48.7 Å². The number of anilines is 1. The van der Waals surface area contributed by atoms with Crippen molar-refractivity contribution in [2.75, 3.05) is 18.5 Å². The topological polar surface area (TPSA) is 65.4 Å². The summed E-state index contributed by atoms with van der Waals surface area (Å²) >= 11 is 12.3. The van der Waals surface area contributed by atoms with Crippen molar-refractivity contribution in [3.63, 3.8) is 0 Å². The summed E-state index contributed by atoms with van der Waals surface area (Å²) in [7, 11) is 0. The van der Waals surface area contributed by atoms with Gasteiger partial charge in [0, 0.05) is 12.5 Å². The zero-order valence-corrected chi connectivity index (χ0v) is 17.0. The highest BCUT2D eigenvalue weighted by molar-refractivity contribution is 6.42. The van der Waals surface area contributed by atoms with E-state index in [4.69, 9.17) is 32.7 Å². The predicted octanol–water partition coefficient (Wildman–Crippen LogP) is 4.58. The average molecular weight is 432 g/mol. The third-order valence-electron chi connectivity index (χ3n) is 4.58. The maximum Gasteiger partial charge on any atom is 0.225 e. The molecule has 0 unspecified atom stereocenters. The Morgan fingerprint density at radius 1 is 1.10 bits per heavy atom. The Labute approximate surface area is 178 Å². The second-order valence-corrected chi connectivity index (χ2v) is 7.40. The normalized spacial score (nSPS) is 12.6. The van der Waals surface area contributed by atoms with Gasteiger partial charge >= 0.3 is 0 Å². The maximum absolute atomic E-state index is 12.4. The molecule has 2 heterocycles. The molecule has 0 atom stereocenters. The number of carbonyl (C=O) groups excluding carboxylic acids is 1. The summed E-state index contributed by atoms with van der Waals surface area (Å²) in [5, 5.41) is 8.15. The van der Waals surface area contributed by atoms with Gasteiger partial charge in [0.25, 0.3) is 0 Å². The summed E-state index contributed by atoms with van der Waals surface area (Å²) in [4.78, 5) is 12.4. The molecule has 1 aromatic heterocycles. The summed E-state index contributed by atoms with van der Waals surface area (Å²) in [6, 6.07) is 12.9. The van der Waals surface area contributed by atoms with Gasteiger partial charge in [-0.1, -0.05) is 41.4 Å². The van der Waals surface area contributed by atoms with E-state index in [0.29, 0.717) is 48.5 Å². The molecule has 0 radical (unpaired) electrons. The Morgan fingerprint density at radius 2 is 1.93 bits per heavy atom. The number of ether oxygens (including phenoxy) is 2. The first-order valence-electron chi connectivity index (χ1n) is 9.23. The lowest BCUT2D eigenvalue weighted by Crippen LogP contribution is -2.17. The summed E-state index contributed by atoms with van der Waals surface area (Å²) < 4.78 is 12.8. The van der Waals surface area contributed by atoms with E-state index in [-0.39, 0.29) is 5.91 Å². The van der Waals surface area contributed by atoms with Crippen molar-refractivity contribution in [3.8, 4) is 11.5 Å². The van der Waals surface area contributed by atoms with E-state index in [1.165, 1.54) is 0 Å². The van der Waals surface area contributed by atoms with Gasteiger partial charge in [0.15, 0.2) is 11.5 Å². The number of aryl methyl sites for hydroxylation is 1. The monoisotopic (exact) mass is 431 g/mol. The van der Waals surface area contributed by atoms with Gasteiger partial charge < -0.3 is 14.8 Å². The van der Waals surface area contributed by atoms with Gasteiger partial charge in [-0.15, -0.1) is 0 Å². The third kappa shape index (κ3) is 4.66. The van der Waals surface area contributed by atoms with Crippen molar-refractivity contribution in [1.82, 2.24) is 9.78 Å². The van der Waals surface area contributed by atoms with Crippen LogP contribution >= 0.6 is 23.2 Å². The minimum Gasteiger partial charge on any atom is -0.486 e. The number of benzene rings is 2. The smallest absolute Gasteiger partial charge is 0.225 e. The van der Waals surface area contributed by atoms with E-state index in [1.807, 2.05) is 30.3 Å². The van der Waals surface area contributed by atoms with Crippen LogP contribution in [0.5, 0.6) is 11.5 Å². The summed E-state index contributed by atoms with van der Waals surface area (Å²) in [5.74, 6) is 1.98. The van der Waals surface area contributed by atoms with Crippen molar-refractivity contribution in [2.24, 2.45) is 0 Å². The van der Waals surface area contributed by atoms with E-state index in [2.05, 4.69) is 10.4 Å². The highest BCUT2D eigenvalue weighted by atomic mass is 35.5. The number of amides is 1. The van der Waals surface area contributed by atoms with Crippen molar-refractivity contribution >= 4 is 34.9 Å². The summed E-state index contributed by atoms with van der Waals surface area (Å²) in [6.07, 6.45) is 2.56. The Kier molecular flexibility index (Phi) is 5.92. The SMILES string of the molecule is O=C(CCc1ccc2c(c1)OCCO2)Nc1ccnn1Cc1cccc(Cl)c1Cl. The molecule has 8 heteroatoms. The largest absolute Gasteiger partial charge is 0.486 e. The van der Waals surface area contributed by atoms with Crippen LogP contribution in [0.4, 0.5) is 5.82 Å². The molecular weight excluding hydrogens is 413 g/mol. The minimum atomic E-state index is -0.0983. The standard InChI is InChI=1S/C21H19Cl2N3O3/c22-16-3-1-2-15(21(16)23)13-26-19(8-9-24-26)25-20(27)7-5-14-4-6-17-18(12-14)29-11-10-28-17/h1-4,6,8-9,12H,5,7,10-11,13H2,(H,25,27). The van der Waals surface area contributed by atoms with Crippen LogP contribution in [0.25, 0.3) is 0 Å². The summed E-state index contributed by atoms with van der Waals surface area (Å²) in [5.41, 5.74) is 1.85. The van der Waals surface area contributed by atoms with E-state index in [0.717, 1.165) is 22.6 Å². The fourth-order valence-electron chi connectivity index (χ4n) is 3.10. The van der Waals surface area contributed by atoms with E-state index in [9.17, 15) is 4.79 Å². The number of fused-ring (bicyclic) bond motifs is 1. The second-order valence-electron chi connectivity index (χ2n) is 6.61. The van der Waals surface area contributed by atoms with Crippen LogP contribution < -0.4 is 14.8 Å². The van der Waals surface area contributed by atoms with Crippen LogP contribution in [0.3, 0.4) is 0 Å². The zero-order chi connectivity index (χ0) is 20.2. The van der Waals surface area contributed by atoms with Crippen LogP contribution in [0, 0.1) is 0 Å². The molecule has 2 aromatic carbocycles. The Hall–Kier alpha value is -2.70. The van der Waals surface area contributed by atoms with Gasteiger partial charge in [0.05, 0.1) is 22.8 Å². The number of halogens is 2. The molecule has 1 amide bonds. The van der Waals surface area contributed by atoms with Gasteiger partial charge in [-0.25, -0.2) is 4.68 Å². The second kappa shape index (κ2) is 8.76. The Bertz CT molecular complexity index is 1040. The van der Waals surface area contributed by atoms with Crippen LogP contribution in [-0.4, -0.2) is 28.9 Å². The van der Waals surface area contributed by atoms with Gasteiger partial charge in [-0.2, -0.15) is 5.10 Å². The molecule has 150 valence electrons. The van der Waals surface area contributed by atoms with E-state index in [1.54, 1.807) is 23.0 Å².